The van der Waals surface area contributed by atoms with Gasteiger partial charge in [0.15, 0.2) is 5.82 Å². The molecule has 2 N–H and O–H groups in total. The van der Waals surface area contributed by atoms with Crippen LogP contribution in [0.15, 0.2) is 24.4 Å². The molecule has 0 saturated heterocycles. The highest BCUT2D eigenvalue weighted by Crippen LogP contribution is 2.33. The Bertz CT molecular complexity index is 978. The van der Waals surface area contributed by atoms with Gasteiger partial charge in [-0.15, -0.1) is 0 Å². The fourth-order valence-electron chi connectivity index (χ4n) is 3.33. The van der Waals surface area contributed by atoms with Crippen molar-refractivity contribution in [1.29, 1.82) is 0 Å². The van der Waals surface area contributed by atoms with Gasteiger partial charge in [0.2, 0.25) is 0 Å². The van der Waals surface area contributed by atoms with Gasteiger partial charge in [0.25, 0.3) is 6.43 Å². The zero-order valence-corrected chi connectivity index (χ0v) is 14.9. The maximum absolute atomic E-state index is 14.7. The molecule has 9 heteroatoms. The lowest BCUT2D eigenvalue weighted by molar-refractivity contribution is 0.146. The molecular formula is C18H19F3N6. The van der Waals surface area contributed by atoms with Gasteiger partial charge < -0.3 is 10.2 Å². The highest BCUT2D eigenvalue weighted by Gasteiger charge is 2.22. The Morgan fingerprint density at radius 3 is 2.81 bits per heavy atom. The SMILES string of the molecule is CN1CCc2[nH]nc(Nc3ccc(-c4cn(C)nc4C(F)F)cc3F)c2C1. The van der Waals surface area contributed by atoms with Crippen LogP contribution < -0.4 is 5.32 Å². The third kappa shape index (κ3) is 3.30. The van der Waals surface area contributed by atoms with Gasteiger partial charge in [0.1, 0.15) is 11.5 Å². The molecule has 1 aliphatic rings. The number of aromatic nitrogens is 4. The van der Waals surface area contributed by atoms with E-state index in [-0.39, 0.29) is 16.9 Å². The van der Waals surface area contributed by atoms with E-state index in [0.29, 0.717) is 11.4 Å². The number of likely N-dealkylation sites (N-methyl/N-ethyl adjacent to an activating group) is 1. The lowest BCUT2D eigenvalue weighted by Crippen LogP contribution is -2.26. The van der Waals surface area contributed by atoms with Crippen LogP contribution in [-0.4, -0.2) is 38.5 Å². The second kappa shape index (κ2) is 6.73. The minimum absolute atomic E-state index is 0.219. The van der Waals surface area contributed by atoms with Gasteiger partial charge >= 0.3 is 0 Å². The second-order valence-corrected chi connectivity index (χ2v) is 6.74. The number of halogens is 3. The van der Waals surface area contributed by atoms with E-state index in [1.54, 1.807) is 13.1 Å². The molecule has 0 spiro atoms. The second-order valence-electron chi connectivity index (χ2n) is 6.74. The van der Waals surface area contributed by atoms with Gasteiger partial charge in [-0.05, 0) is 24.7 Å². The van der Waals surface area contributed by atoms with E-state index in [1.165, 1.54) is 23.0 Å². The first kappa shape index (κ1) is 17.6. The molecule has 0 saturated carbocycles. The van der Waals surface area contributed by atoms with Crippen molar-refractivity contribution in [3.63, 3.8) is 0 Å². The summed E-state index contributed by atoms with van der Waals surface area (Å²) in [5.74, 6) is 0.0373. The van der Waals surface area contributed by atoms with Crippen LogP contribution in [0.4, 0.5) is 24.7 Å². The van der Waals surface area contributed by atoms with Crippen LogP contribution in [-0.2, 0) is 20.0 Å². The lowest BCUT2D eigenvalue weighted by atomic mass is 10.1. The van der Waals surface area contributed by atoms with E-state index in [1.807, 2.05) is 7.05 Å². The van der Waals surface area contributed by atoms with Crippen LogP contribution in [0.25, 0.3) is 11.1 Å². The van der Waals surface area contributed by atoms with Crippen molar-refractivity contribution >= 4 is 11.5 Å². The van der Waals surface area contributed by atoms with E-state index in [4.69, 9.17) is 0 Å². The van der Waals surface area contributed by atoms with Crippen LogP contribution in [0, 0.1) is 5.82 Å². The van der Waals surface area contributed by atoms with Gasteiger partial charge in [0, 0.05) is 49.6 Å². The molecule has 4 rings (SSSR count). The van der Waals surface area contributed by atoms with Crippen LogP contribution in [0.3, 0.4) is 0 Å². The first-order chi connectivity index (χ1) is 12.9. The summed E-state index contributed by atoms with van der Waals surface area (Å²) < 4.78 is 42.3. The smallest absolute Gasteiger partial charge is 0.282 e. The average molecular weight is 376 g/mol. The molecular weight excluding hydrogens is 357 g/mol. The Balaban J connectivity index is 1.63. The highest BCUT2D eigenvalue weighted by atomic mass is 19.3. The van der Waals surface area contributed by atoms with Crippen molar-refractivity contribution in [2.24, 2.45) is 7.05 Å². The van der Waals surface area contributed by atoms with Crippen LogP contribution in [0.1, 0.15) is 23.4 Å². The molecule has 6 nitrogen and oxygen atoms in total. The summed E-state index contributed by atoms with van der Waals surface area (Å²) in [7, 11) is 3.57. The zero-order valence-electron chi connectivity index (χ0n) is 14.9. The van der Waals surface area contributed by atoms with Gasteiger partial charge in [-0.25, -0.2) is 13.2 Å². The minimum Gasteiger partial charge on any atom is -0.336 e. The molecule has 142 valence electrons. The molecule has 0 amide bonds. The number of hydrogen-bond acceptors (Lipinski definition) is 4. The summed E-state index contributed by atoms with van der Waals surface area (Å²) >= 11 is 0. The largest absolute Gasteiger partial charge is 0.336 e. The summed E-state index contributed by atoms with van der Waals surface area (Å²) in [4.78, 5) is 2.16. The predicted octanol–water partition coefficient (Wildman–Crippen LogP) is 3.62. The molecule has 0 fully saturated rings. The molecule has 3 aromatic rings. The van der Waals surface area contributed by atoms with Crippen molar-refractivity contribution in [2.45, 2.75) is 19.4 Å². The Kier molecular flexibility index (Phi) is 4.39. The fourth-order valence-corrected chi connectivity index (χ4v) is 3.33. The minimum atomic E-state index is -2.73. The van der Waals surface area contributed by atoms with Crippen molar-refractivity contribution in [3.05, 3.63) is 47.2 Å². The number of aromatic amines is 1. The molecule has 0 aliphatic carbocycles. The number of hydrogen-bond donors (Lipinski definition) is 2. The Morgan fingerprint density at radius 2 is 2.07 bits per heavy atom. The Morgan fingerprint density at radius 1 is 1.26 bits per heavy atom. The topological polar surface area (TPSA) is 61.8 Å². The number of nitrogens with one attached hydrogen (secondary N) is 2. The first-order valence-electron chi connectivity index (χ1n) is 8.55. The molecule has 1 aliphatic heterocycles. The van der Waals surface area contributed by atoms with Gasteiger partial charge in [-0.1, -0.05) is 6.07 Å². The number of anilines is 2. The monoisotopic (exact) mass is 376 g/mol. The first-order valence-corrected chi connectivity index (χ1v) is 8.55. The molecule has 2 aromatic heterocycles. The van der Waals surface area contributed by atoms with Crippen LogP contribution in [0.2, 0.25) is 0 Å². The molecule has 3 heterocycles. The molecule has 0 radical (unpaired) electrons. The lowest BCUT2D eigenvalue weighted by Gasteiger charge is -2.22. The zero-order chi connectivity index (χ0) is 19.1. The van der Waals surface area contributed by atoms with Crippen molar-refractivity contribution in [1.82, 2.24) is 24.9 Å². The summed E-state index contributed by atoms with van der Waals surface area (Å²) in [5.41, 5.74) is 2.51. The maximum Gasteiger partial charge on any atom is 0.282 e. The summed E-state index contributed by atoms with van der Waals surface area (Å²) in [6.07, 6.45) is -0.405. The molecule has 0 unspecified atom stereocenters. The maximum atomic E-state index is 14.7. The molecule has 0 atom stereocenters. The Hall–Kier alpha value is -2.81. The molecule has 1 aromatic carbocycles. The van der Waals surface area contributed by atoms with Crippen LogP contribution in [0.5, 0.6) is 0 Å². The number of aryl methyl sites for hydroxylation is 1. The number of nitrogens with zero attached hydrogens (tertiary/aromatic N) is 4. The molecule has 27 heavy (non-hydrogen) atoms. The standard InChI is InChI=1S/C18H19F3N6/c1-26-6-5-14-12(8-26)18(24-23-14)22-15-4-3-10(7-13(15)19)11-9-27(2)25-16(11)17(20)21/h3-4,7,9,17H,5-6,8H2,1-2H3,(H2,22,23,24). The molecule has 0 bridgehead atoms. The summed E-state index contributed by atoms with van der Waals surface area (Å²) in [6.45, 7) is 1.66. The van der Waals surface area contributed by atoms with E-state index in [9.17, 15) is 13.2 Å². The van der Waals surface area contributed by atoms with E-state index < -0.39 is 12.2 Å². The van der Waals surface area contributed by atoms with Crippen molar-refractivity contribution < 1.29 is 13.2 Å². The number of rotatable bonds is 4. The predicted molar refractivity (Wildman–Crippen MR) is 95.5 cm³/mol. The van der Waals surface area contributed by atoms with Crippen molar-refractivity contribution in [2.75, 3.05) is 18.9 Å². The fraction of sp³-hybridized carbons (Fsp3) is 0.333. The number of benzene rings is 1. The van der Waals surface area contributed by atoms with Gasteiger partial charge in [-0.2, -0.15) is 10.2 Å². The third-order valence-electron chi connectivity index (χ3n) is 4.72. The number of H-pyrrole nitrogens is 1. The summed E-state index contributed by atoms with van der Waals surface area (Å²) in [5, 5.41) is 14.0. The normalized spacial score (nSPS) is 14.6. The van der Waals surface area contributed by atoms with E-state index >= 15 is 0 Å². The van der Waals surface area contributed by atoms with E-state index in [0.717, 1.165) is 30.8 Å². The highest BCUT2D eigenvalue weighted by molar-refractivity contribution is 5.70. The quantitative estimate of drug-likeness (QED) is 0.730. The summed E-state index contributed by atoms with van der Waals surface area (Å²) in [6, 6.07) is 4.36. The number of alkyl halides is 2. The number of fused-ring (bicyclic) bond motifs is 1. The third-order valence-corrected chi connectivity index (χ3v) is 4.72. The van der Waals surface area contributed by atoms with Gasteiger partial charge in [-0.3, -0.25) is 9.78 Å². The average Bonchev–Trinajstić information content (AvgIpc) is 3.20. The van der Waals surface area contributed by atoms with E-state index in [2.05, 4.69) is 25.5 Å². The van der Waals surface area contributed by atoms with Gasteiger partial charge in [0.05, 0.1) is 5.69 Å². The van der Waals surface area contributed by atoms with Crippen LogP contribution >= 0.6 is 0 Å². The Labute approximate surface area is 154 Å². The van der Waals surface area contributed by atoms with Crippen molar-refractivity contribution in [3.8, 4) is 11.1 Å².